The van der Waals surface area contributed by atoms with Crippen LogP contribution in [0.4, 0.5) is 11.6 Å². The molecule has 12 heteroatoms. The molecule has 0 bridgehead atoms. The monoisotopic (exact) mass is 459 g/mol. The van der Waals surface area contributed by atoms with E-state index in [0.29, 0.717) is 11.9 Å². The average molecular weight is 460 g/mol. The van der Waals surface area contributed by atoms with Crippen molar-refractivity contribution in [2.45, 2.75) is 38.6 Å². The van der Waals surface area contributed by atoms with Gasteiger partial charge < -0.3 is 14.8 Å². The standard InChI is InChI=1S/C20H29N9O2S/c1-14-11-27(13-32(30)31)8-5-16(14)24-20-25-19-18(28-6-3-2-4-7-28)17(15-9-22-23-10-15)21-12-29(19)26-20/h9-10,12,14,16H,2-8,11,13H2,1H3,(H,22,23)(H,24,26)(H,30,31). The molecule has 0 radical (unpaired) electrons. The second-order valence-electron chi connectivity index (χ2n) is 8.72. The first-order valence-electron chi connectivity index (χ1n) is 11.1. The third-order valence-corrected chi connectivity index (χ3v) is 6.99. The van der Waals surface area contributed by atoms with Gasteiger partial charge in [0.2, 0.25) is 5.95 Å². The van der Waals surface area contributed by atoms with E-state index >= 15 is 0 Å². The third kappa shape index (κ3) is 4.34. The Kier molecular flexibility index (Phi) is 6.07. The summed E-state index contributed by atoms with van der Waals surface area (Å²) in [5.41, 5.74) is 3.60. The van der Waals surface area contributed by atoms with Gasteiger partial charge in [0.1, 0.15) is 23.6 Å². The fourth-order valence-corrected chi connectivity index (χ4v) is 5.34. The van der Waals surface area contributed by atoms with E-state index in [-0.39, 0.29) is 11.9 Å². The molecule has 3 atom stereocenters. The summed E-state index contributed by atoms with van der Waals surface area (Å²) in [6.07, 6.45) is 9.78. The number of anilines is 2. The first kappa shape index (κ1) is 21.3. The van der Waals surface area contributed by atoms with Crippen LogP contribution in [-0.4, -0.2) is 81.5 Å². The Balaban J connectivity index is 1.43. The van der Waals surface area contributed by atoms with Gasteiger partial charge in [-0.25, -0.2) is 9.19 Å². The predicted octanol–water partition coefficient (Wildman–Crippen LogP) is 1.81. The van der Waals surface area contributed by atoms with Gasteiger partial charge in [0.25, 0.3) is 0 Å². The number of nitrogens with one attached hydrogen (secondary N) is 2. The maximum absolute atomic E-state index is 11.1. The van der Waals surface area contributed by atoms with Gasteiger partial charge in [-0.05, 0) is 31.6 Å². The molecular formula is C20H29N9O2S. The Hall–Kier alpha value is -2.57. The lowest BCUT2D eigenvalue weighted by molar-refractivity contribution is 0.194. The molecule has 172 valence electrons. The molecule has 11 nitrogen and oxygen atoms in total. The molecule has 0 saturated carbocycles. The van der Waals surface area contributed by atoms with Crippen molar-refractivity contribution < 1.29 is 8.76 Å². The minimum atomic E-state index is -1.80. The van der Waals surface area contributed by atoms with Gasteiger partial charge in [-0.2, -0.15) is 14.6 Å². The molecule has 5 heterocycles. The van der Waals surface area contributed by atoms with Crippen LogP contribution in [-0.2, 0) is 11.1 Å². The van der Waals surface area contributed by atoms with Crippen LogP contribution in [0.15, 0.2) is 18.7 Å². The largest absolute Gasteiger partial charge is 0.367 e. The van der Waals surface area contributed by atoms with Crippen molar-refractivity contribution in [2.24, 2.45) is 5.92 Å². The third-order valence-electron chi connectivity index (χ3n) is 6.40. The van der Waals surface area contributed by atoms with Crippen molar-refractivity contribution in [3.8, 4) is 11.3 Å². The molecule has 2 saturated heterocycles. The van der Waals surface area contributed by atoms with E-state index in [2.05, 4.69) is 32.4 Å². The second-order valence-corrected chi connectivity index (χ2v) is 9.63. The number of rotatable bonds is 6. The molecule has 32 heavy (non-hydrogen) atoms. The minimum absolute atomic E-state index is 0.200. The topological polar surface area (TPSA) is 128 Å². The Labute approximate surface area is 188 Å². The van der Waals surface area contributed by atoms with Gasteiger partial charge in [-0.3, -0.25) is 10.00 Å². The first-order chi connectivity index (χ1) is 15.6. The molecule has 5 rings (SSSR count). The smallest absolute Gasteiger partial charge is 0.243 e. The second kappa shape index (κ2) is 9.12. The van der Waals surface area contributed by atoms with Gasteiger partial charge in [0.15, 0.2) is 16.7 Å². The van der Waals surface area contributed by atoms with Crippen LogP contribution in [0.25, 0.3) is 16.9 Å². The lowest BCUT2D eigenvalue weighted by atomic mass is 9.94. The average Bonchev–Trinajstić information content (AvgIpc) is 3.45. The van der Waals surface area contributed by atoms with Crippen molar-refractivity contribution in [1.29, 1.82) is 0 Å². The number of hydrogen-bond donors (Lipinski definition) is 3. The number of piperidine rings is 2. The van der Waals surface area contributed by atoms with E-state index in [1.54, 1.807) is 17.0 Å². The van der Waals surface area contributed by atoms with Crippen molar-refractivity contribution in [1.82, 2.24) is 34.7 Å². The van der Waals surface area contributed by atoms with Gasteiger partial charge in [0.05, 0.1) is 6.20 Å². The molecule has 0 amide bonds. The molecule has 0 aliphatic carbocycles. The summed E-state index contributed by atoms with van der Waals surface area (Å²) >= 11 is -1.80. The summed E-state index contributed by atoms with van der Waals surface area (Å²) < 4.78 is 22.1. The van der Waals surface area contributed by atoms with Crippen LogP contribution >= 0.6 is 0 Å². The number of aromatic nitrogens is 6. The van der Waals surface area contributed by atoms with E-state index in [4.69, 9.17) is 9.97 Å². The summed E-state index contributed by atoms with van der Waals surface area (Å²) in [7, 11) is 0. The van der Waals surface area contributed by atoms with Crippen molar-refractivity contribution in [2.75, 3.05) is 42.3 Å². The summed E-state index contributed by atoms with van der Waals surface area (Å²) in [6.45, 7) is 5.64. The number of H-pyrrole nitrogens is 1. The number of nitrogens with zero attached hydrogens (tertiary/aromatic N) is 7. The van der Waals surface area contributed by atoms with Crippen LogP contribution in [0.2, 0.25) is 0 Å². The number of likely N-dealkylation sites (tertiary alicyclic amines) is 1. The molecule has 3 N–H and O–H groups in total. The summed E-state index contributed by atoms with van der Waals surface area (Å²) in [6, 6.07) is 0.204. The highest BCUT2D eigenvalue weighted by Crippen LogP contribution is 2.34. The predicted molar refractivity (Wildman–Crippen MR) is 123 cm³/mol. The normalized spacial score (nSPS) is 23.5. The Morgan fingerprint density at radius 3 is 2.84 bits per heavy atom. The van der Waals surface area contributed by atoms with E-state index < -0.39 is 11.1 Å². The van der Waals surface area contributed by atoms with E-state index in [0.717, 1.165) is 68.0 Å². The van der Waals surface area contributed by atoms with Gasteiger partial charge in [-0.1, -0.05) is 6.92 Å². The molecule has 3 aromatic rings. The van der Waals surface area contributed by atoms with Gasteiger partial charge in [-0.15, -0.1) is 5.10 Å². The van der Waals surface area contributed by atoms with Crippen molar-refractivity contribution >= 4 is 28.4 Å². The molecule has 3 aromatic heterocycles. The van der Waals surface area contributed by atoms with Gasteiger partial charge in [0, 0.05) is 44.0 Å². The highest BCUT2D eigenvalue weighted by molar-refractivity contribution is 7.79. The fourth-order valence-electron chi connectivity index (χ4n) is 4.79. The lowest BCUT2D eigenvalue weighted by Crippen LogP contribution is -2.46. The van der Waals surface area contributed by atoms with Crippen LogP contribution in [0.5, 0.6) is 0 Å². The molecule has 2 aliphatic heterocycles. The van der Waals surface area contributed by atoms with E-state index in [1.165, 1.54) is 6.42 Å². The summed E-state index contributed by atoms with van der Waals surface area (Å²) in [5.74, 6) is 1.09. The van der Waals surface area contributed by atoms with Crippen LogP contribution in [0.1, 0.15) is 32.6 Å². The first-order valence-corrected chi connectivity index (χ1v) is 12.4. The summed E-state index contributed by atoms with van der Waals surface area (Å²) in [4.78, 5) is 14.0. The lowest BCUT2D eigenvalue weighted by Gasteiger charge is -2.36. The highest BCUT2D eigenvalue weighted by Gasteiger charge is 2.28. The quantitative estimate of drug-likeness (QED) is 0.473. The Bertz CT molecular complexity index is 1080. The maximum atomic E-state index is 11.1. The molecule has 2 aliphatic rings. The fraction of sp³-hybridized carbons (Fsp3) is 0.600. The van der Waals surface area contributed by atoms with Crippen molar-refractivity contribution in [3.05, 3.63) is 18.7 Å². The zero-order valence-corrected chi connectivity index (χ0v) is 19.0. The van der Waals surface area contributed by atoms with E-state index in [9.17, 15) is 8.76 Å². The molecule has 0 spiro atoms. The SMILES string of the molecule is CC1CN(CS(=O)O)CCC1Nc1nc2c(N3CCCCC3)c(-c3cn[nH]c3)ncn2n1. The number of fused-ring (bicyclic) bond motifs is 1. The van der Waals surface area contributed by atoms with E-state index in [1.807, 2.05) is 11.1 Å². The Morgan fingerprint density at radius 1 is 1.28 bits per heavy atom. The Morgan fingerprint density at radius 2 is 2.12 bits per heavy atom. The van der Waals surface area contributed by atoms with Crippen LogP contribution in [0.3, 0.4) is 0 Å². The summed E-state index contributed by atoms with van der Waals surface area (Å²) in [5, 5.41) is 15.2. The molecular weight excluding hydrogens is 430 g/mol. The van der Waals surface area contributed by atoms with Crippen LogP contribution in [0, 0.1) is 5.92 Å². The van der Waals surface area contributed by atoms with Crippen LogP contribution < -0.4 is 10.2 Å². The minimum Gasteiger partial charge on any atom is -0.367 e. The molecule has 2 fully saturated rings. The molecule has 0 aromatic carbocycles. The number of aromatic amines is 1. The zero-order valence-electron chi connectivity index (χ0n) is 18.1. The maximum Gasteiger partial charge on any atom is 0.243 e. The molecule has 3 unspecified atom stereocenters. The highest BCUT2D eigenvalue weighted by atomic mass is 32.2. The number of hydrogen-bond acceptors (Lipinski definition) is 8. The zero-order chi connectivity index (χ0) is 22.1. The van der Waals surface area contributed by atoms with Gasteiger partial charge >= 0.3 is 0 Å². The van der Waals surface area contributed by atoms with Crippen molar-refractivity contribution in [3.63, 3.8) is 0 Å².